The first-order valence-corrected chi connectivity index (χ1v) is 27.9. The summed E-state index contributed by atoms with van der Waals surface area (Å²) in [5.41, 5.74) is 0. The van der Waals surface area contributed by atoms with E-state index in [2.05, 4.69) is 55.6 Å². The minimum atomic E-state index is -0.856. The molecule has 64 heavy (non-hydrogen) atoms. The van der Waals surface area contributed by atoms with Crippen molar-refractivity contribution in [2.45, 2.75) is 296 Å². The molecule has 0 aliphatic heterocycles. The summed E-state index contributed by atoms with van der Waals surface area (Å²) in [6, 6.07) is -0.641. The first-order valence-electron chi connectivity index (χ1n) is 27.9. The molecule has 0 aromatic rings. The number of carbonyl (C=O) groups excluding carboxylic acids is 2. The molecule has 0 rings (SSSR count). The summed E-state index contributed by atoms with van der Waals surface area (Å²) in [5, 5.41) is 23.1. The third kappa shape index (κ3) is 49.3. The van der Waals surface area contributed by atoms with Crippen molar-refractivity contribution in [1.29, 1.82) is 0 Å². The number of aliphatic hydroxyl groups is 2. The predicted octanol–water partition coefficient (Wildman–Crippen LogP) is 17.0. The second kappa shape index (κ2) is 53.4. The minimum Gasteiger partial charge on any atom is -0.466 e. The van der Waals surface area contributed by atoms with Crippen LogP contribution in [0.1, 0.15) is 284 Å². The molecule has 2 unspecified atom stereocenters. The molecule has 0 spiro atoms. The summed E-state index contributed by atoms with van der Waals surface area (Å²) in [6.45, 7) is 4.85. The van der Waals surface area contributed by atoms with Crippen molar-refractivity contribution in [3.05, 3.63) is 48.6 Å². The van der Waals surface area contributed by atoms with Crippen molar-refractivity contribution in [3.8, 4) is 0 Å². The summed E-state index contributed by atoms with van der Waals surface area (Å²) >= 11 is 0. The van der Waals surface area contributed by atoms with Crippen LogP contribution in [0.5, 0.6) is 0 Å². The number of allylic oxidation sites excluding steroid dienone is 7. The molecule has 0 fully saturated rings. The summed E-state index contributed by atoms with van der Waals surface area (Å²) < 4.78 is 5.46. The molecular formula is C58H107NO5. The van der Waals surface area contributed by atoms with E-state index in [1.54, 1.807) is 6.08 Å². The van der Waals surface area contributed by atoms with Crippen molar-refractivity contribution in [2.24, 2.45) is 0 Å². The molecule has 0 saturated carbocycles. The van der Waals surface area contributed by atoms with Crippen LogP contribution in [0.3, 0.4) is 0 Å². The highest BCUT2D eigenvalue weighted by atomic mass is 16.5. The maximum Gasteiger partial charge on any atom is 0.305 e. The van der Waals surface area contributed by atoms with Gasteiger partial charge in [-0.15, -0.1) is 0 Å². The highest BCUT2D eigenvalue weighted by molar-refractivity contribution is 5.76. The lowest BCUT2D eigenvalue weighted by molar-refractivity contribution is -0.143. The fourth-order valence-corrected chi connectivity index (χ4v) is 8.25. The van der Waals surface area contributed by atoms with Crippen LogP contribution >= 0.6 is 0 Å². The van der Waals surface area contributed by atoms with Gasteiger partial charge in [0.15, 0.2) is 0 Å². The molecule has 6 heteroatoms. The second-order valence-corrected chi connectivity index (χ2v) is 18.9. The Morgan fingerprint density at radius 3 is 1.22 bits per heavy atom. The number of hydrogen-bond donors (Lipinski definition) is 3. The SMILES string of the molecule is CCCCCC/C=C\C/C=C\CCCCCCCC(=O)OCCCCCCCCC/C=C\CCCCCCCC(=O)NC(CO)C(O)/C=C/CCCCCCCCCCCCCCC. The lowest BCUT2D eigenvalue weighted by Crippen LogP contribution is -2.45. The zero-order chi connectivity index (χ0) is 46.5. The first kappa shape index (κ1) is 61.8. The van der Waals surface area contributed by atoms with E-state index >= 15 is 0 Å². The zero-order valence-corrected chi connectivity index (χ0v) is 42.5. The van der Waals surface area contributed by atoms with Gasteiger partial charge in [-0.05, 0) is 89.9 Å². The number of carbonyl (C=O) groups is 2. The number of unbranched alkanes of at least 4 members (excludes halogenated alkanes) is 34. The molecule has 0 aromatic carbocycles. The Hall–Kier alpha value is -2.18. The van der Waals surface area contributed by atoms with Crippen molar-refractivity contribution >= 4 is 11.9 Å². The molecule has 6 nitrogen and oxygen atoms in total. The second-order valence-electron chi connectivity index (χ2n) is 18.9. The quantitative estimate of drug-likeness (QED) is 0.0321. The number of aliphatic hydroxyl groups excluding tert-OH is 2. The van der Waals surface area contributed by atoms with Crippen molar-refractivity contribution in [3.63, 3.8) is 0 Å². The topological polar surface area (TPSA) is 95.9 Å². The maximum atomic E-state index is 12.4. The van der Waals surface area contributed by atoms with E-state index in [1.807, 2.05) is 6.08 Å². The van der Waals surface area contributed by atoms with Gasteiger partial charge >= 0.3 is 5.97 Å². The molecular weight excluding hydrogens is 791 g/mol. The van der Waals surface area contributed by atoms with Gasteiger partial charge in [0.25, 0.3) is 0 Å². The minimum absolute atomic E-state index is 0.0179. The van der Waals surface area contributed by atoms with E-state index in [-0.39, 0.29) is 18.5 Å². The number of nitrogens with one attached hydrogen (secondary N) is 1. The molecule has 2 atom stereocenters. The number of hydrogen-bond acceptors (Lipinski definition) is 5. The average Bonchev–Trinajstić information content (AvgIpc) is 3.29. The molecule has 0 saturated heterocycles. The van der Waals surface area contributed by atoms with Crippen LogP contribution in [0.2, 0.25) is 0 Å². The number of rotatable bonds is 51. The summed E-state index contributed by atoms with van der Waals surface area (Å²) in [5.74, 6) is -0.104. The molecule has 3 N–H and O–H groups in total. The van der Waals surface area contributed by atoms with E-state index < -0.39 is 12.1 Å². The summed E-state index contributed by atoms with van der Waals surface area (Å²) in [4.78, 5) is 24.5. The van der Waals surface area contributed by atoms with E-state index in [9.17, 15) is 19.8 Å². The average molecular weight is 898 g/mol. The molecule has 374 valence electrons. The normalized spacial score (nSPS) is 13.0. The molecule has 0 heterocycles. The summed E-state index contributed by atoms with van der Waals surface area (Å²) in [6.07, 6.45) is 66.9. The molecule has 1 amide bonds. The smallest absolute Gasteiger partial charge is 0.305 e. The third-order valence-corrected chi connectivity index (χ3v) is 12.6. The maximum absolute atomic E-state index is 12.4. The fourth-order valence-electron chi connectivity index (χ4n) is 8.25. The molecule has 0 bridgehead atoms. The van der Waals surface area contributed by atoms with Crippen LogP contribution in [-0.2, 0) is 14.3 Å². The highest BCUT2D eigenvalue weighted by Gasteiger charge is 2.18. The first-order chi connectivity index (χ1) is 31.5. The van der Waals surface area contributed by atoms with Gasteiger partial charge in [-0.3, -0.25) is 9.59 Å². The van der Waals surface area contributed by atoms with Crippen molar-refractivity contribution in [2.75, 3.05) is 13.2 Å². The number of ether oxygens (including phenoxy) is 1. The standard InChI is InChI=1S/C58H107NO5/c1-3-5-7-9-11-13-15-17-19-24-28-32-36-40-44-48-52-58(63)64-53-49-45-41-37-33-29-25-21-20-23-27-31-35-39-43-47-51-57(62)59-55(54-60)56(61)50-46-42-38-34-30-26-22-18-16-14-12-10-8-6-4-2/h13,15,19-20,23-24,46,50,55-56,60-61H,3-12,14,16-18,21-22,25-45,47-49,51-54H2,1-2H3,(H,59,62)/b15-13-,23-20-,24-19-,50-46+. The van der Waals surface area contributed by atoms with Gasteiger partial charge in [0.2, 0.25) is 5.91 Å². The number of amides is 1. The molecule has 0 aliphatic rings. The van der Waals surface area contributed by atoms with Crippen LogP contribution < -0.4 is 5.32 Å². The molecule has 0 aliphatic carbocycles. The lowest BCUT2D eigenvalue weighted by atomic mass is 10.0. The number of esters is 1. The third-order valence-electron chi connectivity index (χ3n) is 12.6. The monoisotopic (exact) mass is 898 g/mol. The van der Waals surface area contributed by atoms with Crippen LogP contribution in [0.15, 0.2) is 48.6 Å². The van der Waals surface area contributed by atoms with Crippen LogP contribution in [-0.4, -0.2) is 47.4 Å². The summed E-state index contributed by atoms with van der Waals surface area (Å²) in [7, 11) is 0. The van der Waals surface area contributed by atoms with E-state index in [0.29, 0.717) is 19.4 Å². The Morgan fingerprint density at radius 2 is 0.781 bits per heavy atom. The molecule has 0 aromatic heterocycles. The van der Waals surface area contributed by atoms with Gasteiger partial charge < -0.3 is 20.3 Å². The fraction of sp³-hybridized carbons (Fsp3) is 0.828. The van der Waals surface area contributed by atoms with Gasteiger partial charge in [-0.25, -0.2) is 0 Å². The Bertz CT molecular complexity index is 1080. The van der Waals surface area contributed by atoms with Crippen LogP contribution in [0.4, 0.5) is 0 Å². The zero-order valence-electron chi connectivity index (χ0n) is 42.5. The van der Waals surface area contributed by atoms with Crippen molar-refractivity contribution in [1.82, 2.24) is 5.32 Å². The van der Waals surface area contributed by atoms with E-state index in [4.69, 9.17) is 4.74 Å². The van der Waals surface area contributed by atoms with Crippen LogP contribution in [0.25, 0.3) is 0 Å². The lowest BCUT2D eigenvalue weighted by Gasteiger charge is -2.20. The Morgan fingerprint density at radius 1 is 0.438 bits per heavy atom. The Balaban J connectivity index is 3.51. The van der Waals surface area contributed by atoms with E-state index in [0.717, 1.165) is 70.6 Å². The van der Waals surface area contributed by atoms with Gasteiger partial charge in [0.05, 0.1) is 25.4 Å². The van der Waals surface area contributed by atoms with Gasteiger partial charge in [-0.1, -0.05) is 229 Å². The largest absolute Gasteiger partial charge is 0.466 e. The molecule has 0 radical (unpaired) electrons. The van der Waals surface area contributed by atoms with E-state index in [1.165, 1.54) is 186 Å². The van der Waals surface area contributed by atoms with Gasteiger partial charge in [0, 0.05) is 12.8 Å². The predicted molar refractivity (Wildman–Crippen MR) is 278 cm³/mol. The van der Waals surface area contributed by atoms with Crippen LogP contribution in [0, 0.1) is 0 Å². The Kier molecular flexibility index (Phi) is 51.6. The van der Waals surface area contributed by atoms with Crippen molar-refractivity contribution < 1.29 is 24.5 Å². The Labute approximate surface area is 397 Å². The highest BCUT2D eigenvalue weighted by Crippen LogP contribution is 2.15. The van der Waals surface area contributed by atoms with Gasteiger partial charge in [0.1, 0.15) is 0 Å². The van der Waals surface area contributed by atoms with Gasteiger partial charge in [-0.2, -0.15) is 0 Å².